The minimum atomic E-state index is -0.125. The van der Waals surface area contributed by atoms with Gasteiger partial charge in [0.25, 0.3) is 0 Å². The summed E-state index contributed by atoms with van der Waals surface area (Å²) in [5, 5.41) is 15.2. The lowest BCUT2D eigenvalue weighted by atomic mass is 10.0. The van der Waals surface area contributed by atoms with Crippen LogP contribution in [-0.4, -0.2) is 23.4 Å². The molecular weight excluding hydrogens is 188 g/mol. The molecule has 0 bridgehead atoms. The van der Waals surface area contributed by atoms with E-state index in [1.807, 2.05) is 12.2 Å². The third kappa shape index (κ3) is 5.55. The first-order valence-corrected chi connectivity index (χ1v) is 5.37. The molecule has 2 heteroatoms. The van der Waals surface area contributed by atoms with E-state index in [2.05, 4.69) is 26.5 Å². The zero-order chi connectivity index (χ0) is 11.7. The molecule has 0 aromatic heterocycles. The van der Waals surface area contributed by atoms with Crippen LogP contribution in [0.25, 0.3) is 0 Å². The van der Waals surface area contributed by atoms with Crippen LogP contribution >= 0.6 is 0 Å². The summed E-state index contributed by atoms with van der Waals surface area (Å²) in [5.74, 6) is 0.756. The minimum Gasteiger partial charge on any atom is -0.394 e. The molecular formula is C13H22O2. The number of hydrogen-bond acceptors (Lipinski definition) is 2. The van der Waals surface area contributed by atoms with Gasteiger partial charge in [-0.05, 0) is 31.3 Å². The van der Waals surface area contributed by atoms with Crippen LogP contribution in [0.4, 0.5) is 0 Å². The minimum absolute atomic E-state index is 0.125. The third-order valence-electron chi connectivity index (χ3n) is 2.49. The van der Waals surface area contributed by atoms with Gasteiger partial charge < -0.3 is 10.2 Å². The molecule has 0 saturated carbocycles. The maximum atomic E-state index is 7.62. The van der Waals surface area contributed by atoms with E-state index >= 15 is 0 Å². The van der Waals surface area contributed by atoms with E-state index in [0.29, 0.717) is 0 Å². The molecule has 0 aromatic rings. The Morgan fingerprint density at radius 3 is 2.33 bits per heavy atom. The number of aliphatic hydroxyl groups excluding tert-OH is 2. The van der Waals surface area contributed by atoms with Crippen molar-refractivity contribution in [1.82, 2.24) is 0 Å². The summed E-state index contributed by atoms with van der Waals surface area (Å²) in [6.45, 7) is 7.93. The van der Waals surface area contributed by atoms with E-state index < -0.39 is 0 Å². The quantitative estimate of drug-likeness (QED) is 0.702. The van der Waals surface area contributed by atoms with Crippen molar-refractivity contribution in [3.63, 3.8) is 0 Å². The van der Waals surface area contributed by atoms with Gasteiger partial charge in [-0.15, -0.1) is 0 Å². The first-order valence-electron chi connectivity index (χ1n) is 5.37. The molecule has 86 valence electrons. The van der Waals surface area contributed by atoms with E-state index in [1.165, 1.54) is 18.4 Å². The zero-order valence-corrected chi connectivity index (χ0v) is 9.74. The van der Waals surface area contributed by atoms with Gasteiger partial charge in [-0.3, -0.25) is 0 Å². The monoisotopic (exact) mass is 210 g/mol. The standard InChI is InChI=1S/C11H16.C2H6O2/c1-4-5-6-11-9(2)7-8-10(11)3;3-1-2-4/h4-6,9H,1,7-8H2,2-3H3;3-4H,1-2H2/b6-5-;. The maximum absolute atomic E-state index is 7.62. The second kappa shape index (κ2) is 8.45. The van der Waals surface area contributed by atoms with E-state index in [9.17, 15) is 0 Å². The highest BCUT2D eigenvalue weighted by Crippen LogP contribution is 2.31. The second-order valence-corrected chi connectivity index (χ2v) is 3.72. The fourth-order valence-corrected chi connectivity index (χ4v) is 1.63. The molecule has 0 heterocycles. The van der Waals surface area contributed by atoms with Crippen LogP contribution in [0, 0.1) is 5.92 Å². The largest absolute Gasteiger partial charge is 0.394 e. The smallest absolute Gasteiger partial charge is 0.0662 e. The van der Waals surface area contributed by atoms with Gasteiger partial charge in [-0.1, -0.05) is 37.3 Å². The summed E-state index contributed by atoms with van der Waals surface area (Å²) in [5.41, 5.74) is 3.07. The first-order chi connectivity index (χ1) is 7.17. The highest BCUT2D eigenvalue weighted by Gasteiger charge is 2.15. The Kier molecular flexibility index (Phi) is 7.96. The second-order valence-electron chi connectivity index (χ2n) is 3.72. The van der Waals surface area contributed by atoms with Crippen LogP contribution in [0.5, 0.6) is 0 Å². The zero-order valence-electron chi connectivity index (χ0n) is 9.74. The number of hydrogen-bond donors (Lipinski definition) is 2. The van der Waals surface area contributed by atoms with Crippen LogP contribution in [0.15, 0.2) is 36.0 Å². The summed E-state index contributed by atoms with van der Waals surface area (Å²) in [6, 6.07) is 0. The topological polar surface area (TPSA) is 40.5 Å². The summed E-state index contributed by atoms with van der Waals surface area (Å²) < 4.78 is 0. The average molecular weight is 210 g/mol. The van der Waals surface area contributed by atoms with Gasteiger partial charge in [-0.25, -0.2) is 0 Å². The lowest BCUT2D eigenvalue weighted by Gasteiger charge is -2.02. The molecule has 0 saturated heterocycles. The Hall–Kier alpha value is -0.860. The molecule has 0 spiro atoms. The third-order valence-corrected chi connectivity index (χ3v) is 2.49. The summed E-state index contributed by atoms with van der Waals surface area (Å²) in [7, 11) is 0. The predicted molar refractivity (Wildman–Crippen MR) is 64.6 cm³/mol. The Bertz CT molecular complexity index is 237. The van der Waals surface area contributed by atoms with Crippen molar-refractivity contribution in [3.05, 3.63) is 36.0 Å². The van der Waals surface area contributed by atoms with Gasteiger partial charge in [0.15, 0.2) is 0 Å². The summed E-state index contributed by atoms with van der Waals surface area (Å²) in [4.78, 5) is 0. The maximum Gasteiger partial charge on any atom is 0.0662 e. The highest BCUT2D eigenvalue weighted by atomic mass is 16.3. The molecule has 0 fully saturated rings. The Morgan fingerprint density at radius 1 is 1.40 bits per heavy atom. The molecule has 2 nitrogen and oxygen atoms in total. The van der Waals surface area contributed by atoms with E-state index in [1.54, 1.807) is 5.57 Å². The number of rotatable bonds is 3. The van der Waals surface area contributed by atoms with Gasteiger partial charge in [0, 0.05) is 0 Å². The Balaban J connectivity index is 0.000000423. The average Bonchev–Trinajstić information content (AvgIpc) is 2.57. The lowest BCUT2D eigenvalue weighted by Crippen LogP contribution is -1.88. The van der Waals surface area contributed by atoms with Crippen molar-refractivity contribution < 1.29 is 10.2 Å². The van der Waals surface area contributed by atoms with Crippen LogP contribution in [0.1, 0.15) is 26.7 Å². The van der Waals surface area contributed by atoms with Crippen LogP contribution < -0.4 is 0 Å². The Labute approximate surface area is 92.6 Å². The van der Waals surface area contributed by atoms with Gasteiger partial charge in [0.05, 0.1) is 13.2 Å². The van der Waals surface area contributed by atoms with Gasteiger partial charge in [0.1, 0.15) is 0 Å². The van der Waals surface area contributed by atoms with Crippen molar-refractivity contribution in [1.29, 1.82) is 0 Å². The van der Waals surface area contributed by atoms with Gasteiger partial charge in [-0.2, -0.15) is 0 Å². The van der Waals surface area contributed by atoms with Crippen molar-refractivity contribution in [2.24, 2.45) is 5.92 Å². The molecule has 0 amide bonds. The normalized spacial score (nSPS) is 20.4. The van der Waals surface area contributed by atoms with Crippen molar-refractivity contribution in [2.75, 3.05) is 13.2 Å². The highest BCUT2D eigenvalue weighted by molar-refractivity contribution is 5.32. The number of aliphatic hydroxyl groups is 2. The molecule has 2 N–H and O–H groups in total. The van der Waals surface area contributed by atoms with E-state index in [-0.39, 0.29) is 13.2 Å². The number of allylic oxidation sites excluding steroid dienone is 5. The first kappa shape index (κ1) is 14.1. The van der Waals surface area contributed by atoms with E-state index in [4.69, 9.17) is 10.2 Å². The molecule has 1 rings (SSSR count). The molecule has 1 unspecified atom stereocenters. The van der Waals surface area contributed by atoms with Gasteiger partial charge >= 0.3 is 0 Å². The molecule has 1 atom stereocenters. The predicted octanol–water partition coefficient (Wildman–Crippen LogP) is 2.45. The van der Waals surface area contributed by atoms with Gasteiger partial charge in [0.2, 0.25) is 0 Å². The molecule has 0 radical (unpaired) electrons. The van der Waals surface area contributed by atoms with Crippen LogP contribution in [0.2, 0.25) is 0 Å². The summed E-state index contributed by atoms with van der Waals surface area (Å²) >= 11 is 0. The summed E-state index contributed by atoms with van der Waals surface area (Å²) in [6.07, 6.45) is 8.66. The van der Waals surface area contributed by atoms with Crippen molar-refractivity contribution >= 4 is 0 Å². The Morgan fingerprint density at radius 2 is 2.00 bits per heavy atom. The molecule has 0 aliphatic heterocycles. The SMILES string of the molecule is C=C/C=C\C1=C(C)CCC1C.OCCO. The van der Waals surface area contributed by atoms with Crippen LogP contribution in [0.3, 0.4) is 0 Å². The molecule has 0 aromatic carbocycles. The van der Waals surface area contributed by atoms with Crippen LogP contribution in [-0.2, 0) is 0 Å². The fraction of sp³-hybridized carbons (Fsp3) is 0.538. The molecule has 1 aliphatic rings. The molecule has 15 heavy (non-hydrogen) atoms. The van der Waals surface area contributed by atoms with Crippen molar-refractivity contribution in [3.8, 4) is 0 Å². The lowest BCUT2D eigenvalue weighted by molar-refractivity contribution is 0.186. The fourth-order valence-electron chi connectivity index (χ4n) is 1.63. The van der Waals surface area contributed by atoms with E-state index in [0.717, 1.165) is 5.92 Å². The molecule has 1 aliphatic carbocycles. The van der Waals surface area contributed by atoms with Crippen molar-refractivity contribution in [2.45, 2.75) is 26.7 Å².